The normalized spacial score (nSPS) is 17.1. The van der Waals surface area contributed by atoms with Gasteiger partial charge in [0, 0.05) is 63.8 Å². The topological polar surface area (TPSA) is 9.86 Å². The van der Waals surface area contributed by atoms with Gasteiger partial charge in [-0.25, -0.2) is 0 Å². The Morgan fingerprint density at radius 2 is 0.967 bits per heavy atom. The number of hydrogen-bond donors (Lipinski definition) is 0. The largest absolute Gasteiger partial charge is 0.332 e. The zero-order chi connectivity index (χ0) is 41.4. The molecule has 0 N–H and O–H groups in total. The zero-order valence-electron chi connectivity index (χ0n) is 33.8. The fourth-order valence-electron chi connectivity index (χ4n) is 11.7. The maximum atomic E-state index is 6.32. The number of rotatable bonds is 7. The number of benzene rings is 6. The Kier molecular flexibility index (Phi) is 8.27. The number of aromatic nitrogens is 2. The molecule has 2 heteroatoms. The number of fused-ring (bicyclic) bond motifs is 12. The van der Waals surface area contributed by atoms with Crippen molar-refractivity contribution in [1.29, 1.82) is 0 Å². The van der Waals surface area contributed by atoms with Gasteiger partial charge in [0.05, 0.1) is 24.9 Å². The van der Waals surface area contributed by atoms with Crippen LogP contribution in [0.15, 0.2) is 133 Å². The van der Waals surface area contributed by atoms with E-state index in [2.05, 4.69) is 172 Å². The van der Waals surface area contributed by atoms with E-state index >= 15 is 0 Å². The van der Waals surface area contributed by atoms with Crippen molar-refractivity contribution in [2.24, 2.45) is 0 Å². The van der Waals surface area contributed by atoms with Crippen molar-refractivity contribution in [3.05, 3.63) is 189 Å². The third-order valence-corrected chi connectivity index (χ3v) is 13.9. The molecule has 0 amide bonds. The van der Waals surface area contributed by atoms with Crippen LogP contribution < -0.4 is 0 Å². The standard InChI is InChI=1S/C59H40N2/c1-6-19-40-41-20-11-12-21-42(41)43-30-28-38(36-48(40)43)53-55-46-23-14-17-26-51(46)61(35-10-5)58(55)54(56-47-24-15-18-27-52(47)60(34-9-4)57(53)56)39-29-31-45-44-22-13-16-25-49(44)59(32-7-2,33-8-3)50(45)37-39/h1-5,11-18,20-31,36-37,40,53-54H,19,32-35H2. The van der Waals surface area contributed by atoms with E-state index in [1.165, 1.54) is 83.4 Å². The minimum absolute atomic E-state index is 0.104. The van der Waals surface area contributed by atoms with Gasteiger partial charge >= 0.3 is 0 Å². The van der Waals surface area contributed by atoms with Gasteiger partial charge in [0.1, 0.15) is 0 Å². The number of terminal acetylenes is 5. The summed E-state index contributed by atoms with van der Waals surface area (Å²) in [5.74, 6) is 14.9. The smallest absolute Gasteiger partial charge is 0.0838 e. The lowest BCUT2D eigenvalue weighted by Gasteiger charge is -2.35. The average Bonchev–Trinajstić information content (AvgIpc) is 3.98. The maximum Gasteiger partial charge on any atom is 0.0838 e. The van der Waals surface area contributed by atoms with Crippen LogP contribution in [-0.2, 0) is 18.5 Å². The van der Waals surface area contributed by atoms with E-state index in [9.17, 15) is 0 Å². The first-order valence-electron chi connectivity index (χ1n) is 20.9. The molecule has 8 aromatic rings. The van der Waals surface area contributed by atoms with Crippen LogP contribution in [0.1, 0.15) is 92.9 Å². The summed E-state index contributed by atoms with van der Waals surface area (Å²) in [6.07, 6.45) is 32.8. The summed E-state index contributed by atoms with van der Waals surface area (Å²) in [6, 6.07) is 48.8. The summed E-state index contributed by atoms with van der Waals surface area (Å²) in [5.41, 5.74) is 18.7. The number of para-hydroxylation sites is 2. The predicted octanol–water partition coefficient (Wildman–Crippen LogP) is 12.0. The van der Waals surface area contributed by atoms with Crippen LogP contribution in [0.2, 0.25) is 0 Å². The third kappa shape index (κ3) is 4.94. The molecule has 2 aromatic heterocycles. The van der Waals surface area contributed by atoms with E-state index in [0.29, 0.717) is 32.4 Å². The molecule has 0 radical (unpaired) electrons. The number of nitrogens with zero attached hydrogens (tertiary/aromatic N) is 2. The molecule has 3 atom stereocenters. The molecule has 0 aliphatic heterocycles. The highest BCUT2D eigenvalue weighted by Gasteiger charge is 2.46. The molecule has 11 rings (SSSR count). The van der Waals surface area contributed by atoms with Crippen LogP contribution in [0.25, 0.3) is 44.1 Å². The van der Waals surface area contributed by atoms with Crippen LogP contribution >= 0.6 is 0 Å². The van der Waals surface area contributed by atoms with Crippen molar-refractivity contribution >= 4 is 21.8 Å². The Morgan fingerprint density at radius 1 is 0.459 bits per heavy atom. The quantitative estimate of drug-likeness (QED) is 0.143. The van der Waals surface area contributed by atoms with Crippen LogP contribution in [0.3, 0.4) is 0 Å². The fraction of sp³-hybridized carbons (Fsp3) is 0.153. The Morgan fingerprint density at radius 3 is 1.57 bits per heavy atom. The van der Waals surface area contributed by atoms with Gasteiger partial charge in [-0.3, -0.25) is 0 Å². The van der Waals surface area contributed by atoms with Gasteiger partial charge < -0.3 is 9.13 Å². The van der Waals surface area contributed by atoms with Gasteiger partial charge in [-0.05, 0) is 78.9 Å². The second-order valence-corrected chi connectivity index (χ2v) is 16.7. The minimum Gasteiger partial charge on any atom is -0.332 e. The van der Waals surface area contributed by atoms with Crippen LogP contribution in [0, 0.1) is 61.7 Å². The highest BCUT2D eigenvalue weighted by atomic mass is 15.0. The lowest BCUT2D eigenvalue weighted by molar-refractivity contribution is 0.559. The Hall–Kier alpha value is -7.80. The highest BCUT2D eigenvalue weighted by molar-refractivity contribution is 5.95. The summed E-state index contributed by atoms with van der Waals surface area (Å²) in [4.78, 5) is 0. The van der Waals surface area contributed by atoms with Crippen LogP contribution in [0.4, 0.5) is 0 Å². The Balaban J connectivity index is 1.25. The van der Waals surface area contributed by atoms with Gasteiger partial charge in [-0.2, -0.15) is 0 Å². The first-order chi connectivity index (χ1) is 30.1. The number of hydrogen-bond acceptors (Lipinski definition) is 0. The lowest BCUT2D eigenvalue weighted by Crippen LogP contribution is -2.26. The van der Waals surface area contributed by atoms with Crippen molar-refractivity contribution in [2.75, 3.05) is 0 Å². The van der Waals surface area contributed by atoms with E-state index in [1.54, 1.807) is 0 Å². The first-order valence-corrected chi connectivity index (χ1v) is 20.9. The molecule has 286 valence electrons. The Labute approximate surface area is 358 Å². The molecule has 0 saturated heterocycles. The second kappa shape index (κ2) is 13.9. The fourth-order valence-corrected chi connectivity index (χ4v) is 11.7. The molecule has 0 saturated carbocycles. The second-order valence-electron chi connectivity index (χ2n) is 16.7. The van der Waals surface area contributed by atoms with Gasteiger partial charge in [-0.15, -0.1) is 49.9 Å². The minimum atomic E-state index is -0.520. The molecule has 6 aromatic carbocycles. The van der Waals surface area contributed by atoms with E-state index in [0.717, 1.165) is 16.6 Å². The van der Waals surface area contributed by atoms with Crippen molar-refractivity contribution in [3.63, 3.8) is 0 Å². The predicted molar refractivity (Wildman–Crippen MR) is 250 cm³/mol. The summed E-state index contributed by atoms with van der Waals surface area (Å²) in [6.45, 7) is 0.829. The SMILES string of the molecule is C#CCC1c2ccccc2-c2ccc(C3c4c(n(CC#C)c5ccccc45)C(c4ccc5c(c4)C(CC#C)(CC#C)c4ccccc4-5)c4c3n(CC#C)c3ccccc43)cc21. The molecule has 0 bridgehead atoms. The zero-order valence-corrected chi connectivity index (χ0v) is 33.8. The summed E-state index contributed by atoms with van der Waals surface area (Å²) in [7, 11) is 0. The molecule has 3 unspecified atom stereocenters. The van der Waals surface area contributed by atoms with Crippen molar-refractivity contribution < 1.29 is 0 Å². The van der Waals surface area contributed by atoms with Crippen LogP contribution in [-0.4, -0.2) is 9.13 Å². The molecule has 2 heterocycles. The van der Waals surface area contributed by atoms with E-state index in [4.69, 9.17) is 32.1 Å². The Bertz CT molecular complexity index is 3360. The molecule has 0 fully saturated rings. The summed E-state index contributed by atoms with van der Waals surface area (Å²) < 4.78 is 4.78. The molecule has 3 aliphatic rings. The molecule has 2 nitrogen and oxygen atoms in total. The molecule has 3 aliphatic carbocycles. The highest BCUT2D eigenvalue weighted by Crippen LogP contribution is 2.58. The van der Waals surface area contributed by atoms with Gasteiger partial charge in [-0.1, -0.05) is 133 Å². The van der Waals surface area contributed by atoms with Crippen LogP contribution in [0.5, 0.6) is 0 Å². The van der Waals surface area contributed by atoms with Crippen molar-refractivity contribution in [1.82, 2.24) is 9.13 Å². The van der Waals surface area contributed by atoms with Gasteiger partial charge in [0.15, 0.2) is 0 Å². The molecule has 61 heavy (non-hydrogen) atoms. The molecular weight excluding hydrogens is 737 g/mol. The van der Waals surface area contributed by atoms with E-state index in [-0.39, 0.29) is 17.8 Å². The van der Waals surface area contributed by atoms with Gasteiger partial charge in [0.2, 0.25) is 0 Å². The lowest BCUT2D eigenvalue weighted by atomic mass is 9.69. The van der Waals surface area contributed by atoms with Gasteiger partial charge in [0.25, 0.3) is 0 Å². The van der Waals surface area contributed by atoms with E-state index in [1.807, 2.05) is 0 Å². The monoisotopic (exact) mass is 776 g/mol. The maximum absolute atomic E-state index is 6.32. The summed E-state index contributed by atoms with van der Waals surface area (Å²) in [5, 5.41) is 2.35. The first kappa shape index (κ1) is 36.3. The summed E-state index contributed by atoms with van der Waals surface area (Å²) >= 11 is 0. The van der Waals surface area contributed by atoms with E-state index < -0.39 is 5.41 Å². The van der Waals surface area contributed by atoms with Crippen molar-refractivity contribution in [2.45, 2.75) is 55.5 Å². The third-order valence-electron chi connectivity index (χ3n) is 13.9. The molecular formula is C59H40N2. The average molecular weight is 777 g/mol. The van der Waals surface area contributed by atoms with Crippen molar-refractivity contribution in [3.8, 4) is 84.0 Å². The molecule has 0 spiro atoms.